The third-order valence-corrected chi connectivity index (χ3v) is 6.53. The largest absolute Gasteiger partial charge is 0.488 e. The molecule has 5 heteroatoms. The number of hydrogen-bond donors (Lipinski definition) is 0. The van der Waals surface area contributed by atoms with E-state index < -0.39 is 0 Å². The van der Waals surface area contributed by atoms with Crippen LogP contribution in [0.2, 0.25) is 0 Å². The standard InChI is InChI=1S/C16H18N2OS2/c1-3-13(8-17-5-1)19-14-7-16(21-10-14)11-18(12-16)9-15-4-2-6-20-15/h1-6,8,14H,7,9-12H2. The number of thiophene rings is 1. The van der Waals surface area contributed by atoms with E-state index in [9.17, 15) is 0 Å². The van der Waals surface area contributed by atoms with Crippen LogP contribution in [0.1, 0.15) is 11.3 Å². The van der Waals surface area contributed by atoms with Gasteiger partial charge in [0.15, 0.2) is 0 Å². The van der Waals surface area contributed by atoms with Crippen LogP contribution in [0.15, 0.2) is 42.0 Å². The van der Waals surface area contributed by atoms with Gasteiger partial charge in [0.2, 0.25) is 0 Å². The Morgan fingerprint density at radius 3 is 3.05 bits per heavy atom. The van der Waals surface area contributed by atoms with Crippen molar-refractivity contribution in [3.8, 4) is 5.75 Å². The van der Waals surface area contributed by atoms with Crippen molar-refractivity contribution in [2.24, 2.45) is 0 Å². The molecule has 110 valence electrons. The van der Waals surface area contributed by atoms with E-state index in [1.165, 1.54) is 18.0 Å². The van der Waals surface area contributed by atoms with Gasteiger partial charge in [0, 0.05) is 47.6 Å². The van der Waals surface area contributed by atoms with Gasteiger partial charge in [-0.1, -0.05) is 6.07 Å². The number of rotatable bonds is 4. The van der Waals surface area contributed by atoms with E-state index in [1.54, 1.807) is 12.4 Å². The number of hydrogen-bond acceptors (Lipinski definition) is 5. The number of ether oxygens (including phenoxy) is 1. The summed E-state index contributed by atoms with van der Waals surface area (Å²) in [6.07, 6.45) is 5.09. The smallest absolute Gasteiger partial charge is 0.138 e. The first-order valence-electron chi connectivity index (χ1n) is 7.27. The summed E-state index contributed by atoms with van der Waals surface area (Å²) in [7, 11) is 0. The van der Waals surface area contributed by atoms with Crippen LogP contribution in [-0.2, 0) is 6.54 Å². The van der Waals surface area contributed by atoms with Crippen LogP contribution in [0.25, 0.3) is 0 Å². The molecule has 2 aliphatic rings. The summed E-state index contributed by atoms with van der Waals surface area (Å²) in [5.74, 6) is 2.00. The molecule has 3 nitrogen and oxygen atoms in total. The van der Waals surface area contributed by atoms with Crippen molar-refractivity contribution < 1.29 is 4.74 Å². The lowest BCUT2D eigenvalue weighted by atomic mass is 9.93. The molecule has 1 atom stereocenters. The number of pyridine rings is 1. The van der Waals surface area contributed by atoms with Gasteiger partial charge in [0.05, 0.1) is 6.20 Å². The predicted molar refractivity (Wildman–Crippen MR) is 88.1 cm³/mol. The number of aromatic nitrogens is 1. The Kier molecular flexibility index (Phi) is 3.65. The number of nitrogens with zero attached hydrogens (tertiary/aromatic N) is 2. The van der Waals surface area contributed by atoms with Gasteiger partial charge in [0.25, 0.3) is 0 Å². The van der Waals surface area contributed by atoms with E-state index in [0.717, 1.165) is 24.5 Å². The van der Waals surface area contributed by atoms with E-state index in [4.69, 9.17) is 4.74 Å². The van der Waals surface area contributed by atoms with Crippen LogP contribution >= 0.6 is 23.1 Å². The summed E-state index contributed by atoms with van der Waals surface area (Å²) in [6, 6.07) is 8.29. The zero-order valence-electron chi connectivity index (χ0n) is 11.8. The second-order valence-corrected chi connectivity index (χ2v) is 8.37. The van der Waals surface area contributed by atoms with Crippen molar-refractivity contribution in [2.75, 3.05) is 18.8 Å². The van der Waals surface area contributed by atoms with Gasteiger partial charge in [0.1, 0.15) is 11.9 Å². The Bertz CT molecular complexity index is 582. The van der Waals surface area contributed by atoms with Gasteiger partial charge in [-0.15, -0.1) is 23.1 Å². The Balaban J connectivity index is 1.29. The third kappa shape index (κ3) is 2.96. The molecule has 0 bridgehead atoms. The van der Waals surface area contributed by atoms with Crippen LogP contribution in [0.3, 0.4) is 0 Å². The zero-order valence-corrected chi connectivity index (χ0v) is 13.4. The van der Waals surface area contributed by atoms with Crippen LogP contribution in [0.5, 0.6) is 5.75 Å². The lowest BCUT2D eigenvalue weighted by Crippen LogP contribution is -2.58. The van der Waals surface area contributed by atoms with Crippen LogP contribution < -0.4 is 4.74 Å². The SMILES string of the molecule is c1cncc(OC2CSC3(C2)CN(Cc2cccs2)C3)c1. The molecule has 2 aromatic heterocycles. The zero-order chi connectivity index (χ0) is 14.1. The molecule has 1 unspecified atom stereocenters. The molecule has 1 spiro atoms. The highest BCUT2D eigenvalue weighted by molar-refractivity contribution is 8.01. The molecule has 2 saturated heterocycles. The monoisotopic (exact) mass is 318 g/mol. The maximum absolute atomic E-state index is 6.05. The molecule has 21 heavy (non-hydrogen) atoms. The molecule has 0 aromatic carbocycles. The Morgan fingerprint density at radius 1 is 1.33 bits per heavy atom. The van der Waals surface area contributed by atoms with Crippen molar-refractivity contribution in [1.29, 1.82) is 0 Å². The highest BCUT2D eigenvalue weighted by Gasteiger charge is 2.49. The van der Waals surface area contributed by atoms with Gasteiger partial charge in [-0.25, -0.2) is 0 Å². The fraction of sp³-hybridized carbons (Fsp3) is 0.438. The fourth-order valence-electron chi connectivity index (χ4n) is 3.21. The van der Waals surface area contributed by atoms with Crippen molar-refractivity contribution in [1.82, 2.24) is 9.88 Å². The minimum Gasteiger partial charge on any atom is -0.488 e. The third-order valence-electron chi connectivity index (χ3n) is 4.10. The van der Waals surface area contributed by atoms with Crippen molar-refractivity contribution in [2.45, 2.75) is 23.8 Å². The summed E-state index contributed by atoms with van der Waals surface area (Å²) in [5.41, 5.74) is 0. The fourth-order valence-corrected chi connectivity index (χ4v) is 5.53. The van der Waals surface area contributed by atoms with Crippen molar-refractivity contribution in [3.05, 3.63) is 46.9 Å². The van der Waals surface area contributed by atoms with Gasteiger partial charge >= 0.3 is 0 Å². The van der Waals surface area contributed by atoms with Gasteiger partial charge in [-0.3, -0.25) is 9.88 Å². The lowest BCUT2D eigenvalue weighted by molar-refractivity contribution is 0.0929. The molecule has 2 aliphatic heterocycles. The summed E-state index contributed by atoms with van der Waals surface area (Å²) in [4.78, 5) is 8.13. The molecule has 4 heterocycles. The molecule has 4 rings (SSSR count). The van der Waals surface area contributed by atoms with Crippen LogP contribution in [0.4, 0.5) is 0 Å². The van der Waals surface area contributed by atoms with Gasteiger partial charge in [-0.2, -0.15) is 0 Å². The first-order chi connectivity index (χ1) is 10.3. The minimum atomic E-state index is 0.336. The Hall–Kier alpha value is -1.04. The van der Waals surface area contributed by atoms with Crippen LogP contribution in [0, 0.1) is 0 Å². The van der Waals surface area contributed by atoms with E-state index in [1.807, 2.05) is 23.5 Å². The van der Waals surface area contributed by atoms with Gasteiger partial charge in [-0.05, 0) is 23.6 Å². The quantitative estimate of drug-likeness (QED) is 0.864. The molecular formula is C16H18N2OS2. The van der Waals surface area contributed by atoms with Crippen molar-refractivity contribution in [3.63, 3.8) is 0 Å². The van der Waals surface area contributed by atoms with E-state index in [2.05, 4.69) is 39.2 Å². The molecule has 0 N–H and O–H groups in total. The molecular weight excluding hydrogens is 300 g/mol. The molecule has 2 aromatic rings. The molecule has 0 aliphatic carbocycles. The first kappa shape index (κ1) is 13.6. The number of likely N-dealkylation sites (tertiary alicyclic amines) is 1. The van der Waals surface area contributed by atoms with Crippen molar-refractivity contribution >= 4 is 23.1 Å². The first-order valence-corrected chi connectivity index (χ1v) is 9.13. The van der Waals surface area contributed by atoms with Gasteiger partial charge < -0.3 is 4.74 Å². The second-order valence-electron chi connectivity index (χ2n) is 5.85. The lowest BCUT2D eigenvalue weighted by Gasteiger charge is -2.47. The maximum Gasteiger partial charge on any atom is 0.138 e. The highest BCUT2D eigenvalue weighted by Crippen LogP contribution is 2.46. The normalized spacial score (nSPS) is 24.1. The average Bonchev–Trinajstić information content (AvgIpc) is 3.10. The van der Waals surface area contributed by atoms with E-state index in [0.29, 0.717) is 10.9 Å². The second kappa shape index (κ2) is 5.63. The molecule has 0 saturated carbocycles. The van der Waals surface area contributed by atoms with Crippen LogP contribution in [-0.4, -0.2) is 39.6 Å². The maximum atomic E-state index is 6.05. The topological polar surface area (TPSA) is 25.4 Å². The minimum absolute atomic E-state index is 0.336. The summed E-state index contributed by atoms with van der Waals surface area (Å²) < 4.78 is 6.48. The van der Waals surface area contributed by atoms with E-state index in [-0.39, 0.29) is 0 Å². The molecule has 2 fully saturated rings. The summed E-state index contributed by atoms with van der Waals surface area (Å²) in [5, 5.41) is 2.16. The van der Waals surface area contributed by atoms with E-state index >= 15 is 0 Å². The average molecular weight is 318 g/mol. The molecule has 0 amide bonds. The Morgan fingerprint density at radius 2 is 2.29 bits per heavy atom. The number of thioether (sulfide) groups is 1. The predicted octanol–water partition coefficient (Wildman–Crippen LogP) is 3.28. The Labute approximate surface area is 133 Å². The molecule has 0 radical (unpaired) electrons. The highest BCUT2D eigenvalue weighted by atomic mass is 32.2. The summed E-state index contributed by atoms with van der Waals surface area (Å²) in [6.45, 7) is 3.50. The summed E-state index contributed by atoms with van der Waals surface area (Å²) >= 11 is 3.95.